The maximum absolute atomic E-state index is 8.69. The number of anilines is 2. The molecular formula is C11H19N5. The van der Waals surface area contributed by atoms with E-state index in [0.29, 0.717) is 6.42 Å². The molecule has 0 aliphatic carbocycles. The number of aromatic nitrogens is 2. The van der Waals surface area contributed by atoms with Crippen LogP contribution in [0.2, 0.25) is 0 Å². The summed E-state index contributed by atoms with van der Waals surface area (Å²) >= 11 is 0. The first-order valence-electron chi connectivity index (χ1n) is 5.44. The Labute approximate surface area is 96.5 Å². The number of nitrogen functional groups attached to an aromatic ring is 1. The average Bonchev–Trinajstić information content (AvgIpc) is 2.53. The van der Waals surface area contributed by atoms with Gasteiger partial charge in [-0.15, -0.1) is 0 Å². The van der Waals surface area contributed by atoms with Crippen molar-refractivity contribution in [2.24, 2.45) is 7.05 Å². The molecular weight excluding hydrogens is 202 g/mol. The second kappa shape index (κ2) is 4.88. The largest absolute Gasteiger partial charge is 0.394 e. The van der Waals surface area contributed by atoms with E-state index in [1.165, 1.54) is 0 Å². The first kappa shape index (κ1) is 12.4. The zero-order chi connectivity index (χ0) is 12.3. The van der Waals surface area contributed by atoms with Gasteiger partial charge in [-0.3, -0.25) is 4.68 Å². The van der Waals surface area contributed by atoms with Crippen LogP contribution in [0, 0.1) is 11.3 Å². The summed E-state index contributed by atoms with van der Waals surface area (Å²) < 4.78 is 1.78. The molecule has 1 aromatic heterocycles. The van der Waals surface area contributed by atoms with E-state index in [2.05, 4.69) is 11.2 Å². The van der Waals surface area contributed by atoms with Gasteiger partial charge in [-0.05, 0) is 13.3 Å². The van der Waals surface area contributed by atoms with E-state index < -0.39 is 0 Å². The van der Waals surface area contributed by atoms with E-state index >= 15 is 0 Å². The van der Waals surface area contributed by atoms with Crippen molar-refractivity contribution in [3.05, 3.63) is 5.69 Å². The fraction of sp³-hybridized carbons (Fsp3) is 0.636. The van der Waals surface area contributed by atoms with Crippen LogP contribution in [0.4, 0.5) is 11.5 Å². The predicted octanol–water partition coefficient (Wildman–Crippen LogP) is 1.30. The van der Waals surface area contributed by atoms with Crippen molar-refractivity contribution in [2.45, 2.75) is 32.7 Å². The molecule has 5 heteroatoms. The second-order valence-electron chi connectivity index (χ2n) is 3.98. The highest BCUT2D eigenvalue weighted by atomic mass is 15.4. The van der Waals surface area contributed by atoms with Gasteiger partial charge >= 0.3 is 0 Å². The van der Waals surface area contributed by atoms with E-state index in [0.717, 1.165) is 23.6 Å². The van der Waals surface area contributed by atoms with Crippen LogP contribution < -0.4 is 10.6 Å². The van der Waals surface area contributed by atoms with E-state index in [4.69, 9.17) is 11.0 Å². The Morgan fingerprint density at radius 3 is 2.69 bits per heavy atom. The maximum Gasteiger partial charge on any atom is 0.150 e. The van der Waals surface area contributed by atoms with Crippen LogP contribution in [0.15, 0.2) is 0 Å². The minimum Gasteiger partial charge on any atom is -0.394 e. The minimum atomic E-state index is 0.132. The third-order valence-electron chi connectivity index (χ3n) is 2.85. The molecule has 1 rings (SSSR count). The van der Waals surface area contributed by atoms with Crippen molar-refractivity contribution in [3.63, 3.8) is 0 Å². The Balaban J connectivity index is 3.04. The van der Waals surface area contributed by atoms with Gasteiger partial charge in [0.1, 0.15) is 5.82 Å². The molecule has 88 valence electrons. The molecule has 0 aliphatic heterocycles. The van der Waals surface area contributed by atoms with Crippen LogP contribution in [-0.4, -0.2) is 22.9 Å². The van der Waals surface area contributed by atoms with E-state index in [1.807, 2.05) is 32.8 Å². The molecule has 0 bridgehead atoms. The van der Waals surface area contributed by atoms with Crippen LogP contribution in [0.5, 0.6) is 0 Å². The number of nitriles is 1. The fourth-order valence-corrected chi connectivity index (χ4v) is 1.74. The van der Waals surface area contributed by atoms with Gasteiger partial charge in [0.2, 0.25) is 0 Å². The summed E-state index contributed by atoms with van der Waals surface area (Å²) in [7, 11) is 3.81. The average molecular weight is 221 g/mol. The zero-order valence-electron chi connectivity index (χ0n) is 10.4. The van der Waals surface area contributed by atoms with Crippen molar-refractivity contribution < 1.29 is 0 Å². The number of nitrogens with two attached hydrogens (primary N) is 1. The Morgan fingerprint density at radius 1 is 1.62 bits per heavy atom. The van der Waals surface area contributed by atoms with Gasteiger partial charge in [0.25, 0.3) is 0 Å². The Kier molecular flexibility index (Phi) is 3.78. The number of aryl methyl sites for hydroxylation is 2. The summed E-state index contributed by atoms with van der Waals surface area (Å²) in [5.41, 5.74) is 7.67. The van der Waals surface area contributed by atoms with Crippen molar-refractivity contribution in [1.29, 1.82) is 5.26 Å². The molecule has 1 aromatic rings. The summed E-state index contributed by atoms with van der Waals surface area (Å²) in [6, 6.07) is 2.30. The first-order chi connectivity index (χ1) is 7.52. The van der Waals surface area contributed by atoms with E-state index in [1.54, 1.807) is 4.68 Å². The molecule has 5 nitrogen and oxygen atoms in total. The lowest BCUT2D eigenvalue weighted by molar-refractivity contribution is 0.653. The highest BCUT2D eigenvalue weighted by Gasteiger charge is 2.19. The number of nitrogens with zero attached hydrogens (tertiary/aromatic N) is 4. The van der Waals surface area contributed by atoms with Crippen LogP contribution in [0.1, 0.15) is 26.0 Å². The summed E-state index contributed by atoms with van der Waals surface area (Å²) in [5, 5.41) is 13.1. The highest BCUT2D eigenvalue weighted by Crippen LogP contribution is 2.27. The molecule has 16 heavy (non-hydrogen) atoms. The molecule has 2 N–H and O–H groups in total. The van der Waals surface area contributed by atoms with Gasteiger partial charge in [0, 0.05) is 20.1 Å². The number of hydrogen-bond donors (Lipinski definition) is 1. The molecule has 1 heterocycles. The molecule has 1 unspecified atom stereocenters. The topological polar surface area (TPSA) is 70.9 Å². The van der Waals surface area contributed by atoms with E-state index in [-0.39, 0.29) is 6.04 Å². The zero-order valence-corrected chi connectivity index (χ0v) is 10.4. The standard InChI is InChI=1S/C11H19N5/c1-5-9-10(13)11(16(4)14-9)15(3)8(2)6-7-12/h8H,5-6,13H2,1-4H3. The summed E-state index contributed by atoms with van der Waals surface area (Å²) in [6.45, 7) is 4.03. The normalized spacial score (nSPS) is 12.2. The molecule has 0 radical (unpaired) electrons. The van der Waals surface area contributed by atoms with Gasteiger partial charge in [0.05, 0.1) is 23.9 Å². The van der Waals surface area contributed by atoms with Crippen molar-refractivity contribution in [2.75, 3.05) is 17.7 Å². The van der Waals surface area contributed by atoms with Crippen LogP contribution in [-0.2, 0) is 13.5 Å². The summed E-state index contributed by atoms with van der Waals surface area (Å²) in [5.74, 6) is 0.889. The lowest BCUT2D eigenvalue weighted by atomic mass is 10.2. The number of rotatable bonds is 4. The molecule has 0 amide bonds. The SMILES string of the molecule is CCc1nn(C)c(N(C)C(C)CC#N)c1N. The van der Waals surface area contributed by atoms with Gasteiger partial charge < -0.3 is 10.6 Å². The summed E-state index contributed by atoms with van der Waals surface area (Å²) in [4.78, 5) is 2.00. The third kappa shape index (κ3) is 2.11. The smallest absolute Gasteiger partial charge is 0.150 e. The molecule has 0 spiro atoms. The van der Waals surface area contributed by atoms with Crippen LogP contribution >= 0.6 is 0 Å². The van der Waals surface area contributed by atoms with Gasteiger partial charge in [0.15, 0.2) is 0 Å². The van der Waals surface area contributed by atoms with E-state index in [9.17, 15) is 0 Å². The fourth-order valence-electron chi connectivity index (χ4n) is 1.74. The Bertz CT molecular complexity index is 401. The minimum absolute atomic E-state index is 0.132. The lowest BCUT2D eigenvalue weighted by Gasteiger charge is -2.25. The Morgan fingerprint density at radius 2 is 2.25 bits per heavy atom. The quantitative estimate of drug-likeness (QED) is 0.832. The third-order valence-corrected chi connectivity index (χ3v) is 2.85. The second-order valence-corrected chi connectivity index (χ2v) is 3.98. The van der Waals surface area contributed by atoms with Gasteiger partial charge in [-0.2, -0.15) is 10.4 Å². The van der Waals surface area contributed by atoms with Crippen LogP contribution in [0.3, 0.4) is 0 Å². The molecule has 1 atom stereocenters. The van der Waals surface area contributed by atoms with Crippen molar-refractivity contribution in [3.8, 4) is 6.07 Å². The Hall–Kier alpha value is -1.70. The molecule has 0 aliphatic rings. The molecule has 0 fully saturated rings. The van der Waals surface area contributed by atoms with Crippen LogP contribution in [0.25, 0.3) is 0 Å². The maximum atomic E-state index is 8.69. The highest BCUT2D eigenvalue weighted by molar-refractivity contribution is 5.66. The van der Waals surface area contributed by atoms with Crippen molar-refractivity contribution >= 4 is 11.5 Å². The predicted molar refractivity (Wildman–Crippen MR) is 65.1 cm³/mol. The monoisotopic (exact) mass is 221 g/mol. The number of hydrogen-bond acceptors (Lipinski definition) is 4. The van der Waals surface area contributed by atoms with Crippen molar-refractivity contribution in [1.82, 2.24) is 9.78 Å². The summed E-state index contributed by atoms with van der Waals surface area (Å²) in [6.07, 6.45) is 1.29. The van der Waals surface area contributed by atoms with Gasteiger partial charge in [-0.25, -0.2) is 0 Å². The van der Waals surface area contributed by atoms with Gasteiger partial charge in [-0.1, -0.05) is 6.92 Å². The lowest BCUT2D eigenvalue weighted by Crippen LogP contribution is -2.30. The molecule has 0 saturated carbocycles. The first-order valence-corrected chi connectivity index (χ1v) is 5.44. The molecule has 0 aromatic carbocycles. The molecule has 0 saturated heterocycles.